The molecule has 0 aliphatic heterocycles. The van der Waals surface area contributed by atoms with Crippen LogP contribution in [0.2, 0.25) is 0 Å². The molecule has 2 aromatic rings. The molecule has 2 aromatic heterocycles. The van der Waals surface area contributed by atoms with Gasteiger partial charge in [0, 0.05) is 6.20 Å². The molecule has 0 aliphatic carbocycles. The fourth-order valence-electron chi connectivity index (χ4n) is 1.90. The van der Waals surface area contributed by atoms with Gasteiger partial charge < -0.3 is 14.6 Å². The van der Waals surface area contributed by atoms with E-state index < -0.39 is 5.97 Å². The lowest BCUT2D eigenvalue weighted by Gasteiger charge is -2.06. The molecule has 0 fully saturated rings. The van der Waals surface area contributed by atoms with Gasteiger partial charge in [-0.1, -0.05) is 11.3 Å². The molecule has 122 valence electrons. The molecule has 0 aliphatic rings. The smallest absolute Gasteiger partial charge is 0.350 e. The van der Waals surface area contributed by atoms with Gasteiger partial charge in [0.1, 0.15) is 11.4 Å². The van der Waals surface area contributed by atoms with Crippen molar-refractivity contribution in [2.24, 2.45) is 0 Å². The van der Waals surface area contributed by atoms with Crippen LogP contribution in [0, 0.1) is 6.92 Å². The predicted octanol–water partition coefficient (Wildman–Crippen LogP) is 2.27. The Kier molecular flexibility index (Phi) is 5.28. The summed E-state index contributed by atoms with van der Waals surface area (Å²) < 4.78 is 6.65. The van der Waals surface area contributed by atoms with E-state index >= 15 is 0 Å². The highest BCUT2D eigenvalue weighted by atomic mass is 32.1. The van der Waals surface area contributed by atoms with E-state index in [4.69, 9.17) is 4.74 Å². The minimum absolute atomic E-state index is 0.00846. The summed E-state index contributed by atoms with van der Waals surface area (Å²) in [5.74, 6) is -0.786. The van der Waals surface area contributed by atoms with Gasteiger partial charge in [-0.2, -0.15) is 0 Å². The number of rotatable bonds is 6. The van der Waals surface area contributed by atoms with Gasteiger partial charge in [-0.15, -0.1) is 0 Å². The Morgan fingerprint density at radius 2 is 2.22 bits per heavy atom. The third-order valence-corrected chi connectivity index (χ3v) is 3.92. The number of thiazole rings is 1. The van der Waals surface area contributed by atoms with Gasteiger partial charge in [-0.3, -0.25) is 9.59 Å². The lowest BCUT2D eigenvalue weighted by atomic mass is 10.4. The zero-order chi connectivity index (χ0) is 17.0. The van der Waals surface area contributed by atoms with Crippen molar-refractivity contribution in [3.63, 3.8) is 0 Å². The zero-order valence-corrected chi connectivity index (χ0v) is 13.8. The summed E-state index contributed by atoms with van der Waals surface area (Å²) in [5.41, 5.74) is 0.919. The van der Waals surface area contributed by atoms with Crippen LogP contribution in [0.25, 0.3) is 0 Å². The number of aromatic nitrogens is 2. The van der Waals surface area contributed by atoms with Crippen molar-refractivity contribution in [3.8, 4) is 0 Å². The normalized spacial score (nSPS) is 10.6. The Morgan fingerprint density at radius 3 is 2.87 bits per heavy atom. The van der Waals surface area contributed by atoms with Crippen molar-refractivity contribution in [2.75, 3.05) is 5.32 Å². The minimum Gasteiger partial charge on any atom is -0.459 e. The summed E-state index contributed by atoms with van der Waals surface area (Å²) in [5, 5.41) is 2.95. The molecule has 23 heavy (non-hydrogen) atoms. The van der Waals surface area contributed by atoms with Crippen LogP contribution in [0.15, 0.2) is 18.3 Å². The molecule has 0 saturated heterocycles. The van der Waals surface area contributed by atoms with Crippen LogP contribution in [-0.4, -0.2) is 33.8 Å². The number of nitrogens with zero attached hydrogens (tertiary/aromatic N) is 2. The molecule has 0 aromatic carbocycles. The van der Waals surface area contributed by atoms with Gasteiger partial charge in [0.25, 0.3) is 0 Å². The Hall–Kier alpha value is -2.48. The maximum Gasteiger partial charge on any atom is 0.350 e. The van der Waals surface area contributed by atoms with Gasteiger partial charge in [-0.05, 0) is 32.9 Å². The molecule has 2 heterocycles. The predicted molar refractivity (Wildman–Crippen MR) is 85.9 cm³/mol. The highest BCUT2D eigenvalue weighted by molar-refractivity contribution is 7.17. The van der Waals surface area contributed by atoms with Crippen molar-refractivity contribution in [3.05, 3.63) is 34.6 Å². The minimum atomic E-state index is -0.454. The number of carbonyl (C=O) groups excluding carboxylic acids is 3. The third-order valence-electron chi connectivity index (χ3n) is 2.87. The molecule has 1 N–H and O–H groups in total. The molecule has 2 rings (SSSR count). The number of carbonyl (C=O) groups is 3. The summed E-state index contributed by atoms with van der Waals surface area (Å²) in [6, 6.07) is 3.30. The second-order valence-corrected chi connectivity index (χ2v) is 6.11. The molecule has 0 radical (unpaired) electrons. The number of aryl methyl sites for hydroxylation is 1. The van der Waals surface area contributed by atoms with Crippen LogP contribution in [0.5, 0.6) is 0 Å². The summed E-state index contributed by atoms with van der Waals surface area (Å²) in [6.07, 6.45) is 2.10. The molecule has 0 unspecified atom stereocenters. The molecule has 0 bridgehead atoms. The van der Waals surface area contributed by atoms with E-state index in [9.17, 15) is 14.4 Å². The van der Waals surface area contributed by atoms with E-state index in [-0.39, 0.29) is 18.6 Å². The number of esters is 1. The molecular formula is C15H17N3O4S. The van der Waals surface area contributed by atoms with E-state index in [1.807, 2.05) is 0 Å². The lowest BCUT2D eigenvalue weighted by Crippen LogP contribution is -2.19. The topological polar surface area (TPSA) is 90.3 Å². The van der Waals surface area contributed by atoms with Gasteiger partial charge in [0.2, 0.25) is 5.91 Å². The first-order valence-corrected chi connectivity index (χ1v) is 7.81. The average Bonchev–Trinajstić information content (AvgIpc) is 3.04. The monoisotopic (exact) mass is 335 g/mol. The third kappa shape index (κ3) is 4.26. The Bertz CT molecular complexity index is 733. The number of ether oxygens (including phenoxy) is 1. The van der Waals surface area contributed by atoms with Crippen molar-refractivity contribution in [2.45, 2.75) is 33.4 Å². The number of hydrogen-bond donors (Lipinski definition) is 1. The molecular weight excluding hydrogens is 318 g/mol. The van der Waals surface area contributed by atoms with Gasteiger partial charge >= 0.3 is 5.97 Å². The fraction of sp³-hybridized carbons (Fsp3) is 0.333. The quantitative estimate of drug-likeness (QED) is 0.646. The van der Waals surface area contributed by atoms with Crippen molar-refractivity contribution >= 4 is 34.6 Å². The van der Waals surface area contributed by atoms with Crippen LogP contribution in [0.4, 0.5) is 5.13 Å². The number of anilines is 1. The van der Waals surface area contributed by atoms with E-state index in [1.54, 1.807) is 39.1 Å². The van der Waals surface area contributed by atoms with Crippen LogP contribution in [0.1, 0.15) is 39.7 Å². The standard InChI is InChI=1S/C15H17N3O4S/c1-9(2)22-14(21)13-10(3)16-15(23-13)17-12(20)7-18-6-4-5-11(18)8-19/h4-6,8-9H,7H2,1-3H3,(H,16,17,20). The van der Waals surface area contributed by atoms with Crippen molar-refractivity contribution in [1.29, 1.82) is 0 Å². The van der Waals surface area contributed by atoms with Gasteiger partial charge in [-0.25, -0.2) is 9.78 Å². The Labute approximate surface area is 137 Å². The zero-order valence-electron chi connectivity index (χ0n) is 13.0. The average molecular weight is 335 g/mol. The van der Waals surface area contributed by atoms with Crippen LogP contribution in [0.3, 0.4) is 0 Å². The van der Waals surface area contributed by atoms with E-state index in [1.165, 1.54) is 4.57 Å². The number of amides is 1. The Balaban J connectivity index is 2.04. The first kappa shape index (κ1) is 16.9. The first-order chi connectivity index (χ1) is 10.9. The molecule has 7 nitrogen and oxygen atoms in total. The molecule has 0 spiro atoms. The first-order valence-electron chi connectivity index (χ1n) is 6.99. The summed E-state index contributed by atoms with van der Waals surface area (Å²) in [7, 11) is 0. The summed E-state index contributed by atoms with van der Waals surface area (Å²) >= 11 is 1.06. The number of hydrogen-bond acceptors (Lipinski definition) is 6. The highest BCUT2D eigenvalue weighted by Gasteiger charge is 2.19. The highest BCUT2D eigenvalue weighted by Crippen LogP contribution is 2.23. The van der Waals surface area contributed by atoms with Crippen LogP contribution < -0.4 is 5.32 Å². The maximum atomic E-state index is 12.0. The molecule has 0 atom stereocenters. The van der Waals surface area contributed by atoms with E-state index in [2.05, 4.69) is 10.3 Å². The fourth-order valence-corrected chi connectivity index (χ4v) is 2.76. The van der Waals surface area contributed by atoms with Gasteiger partial charge in [0.15, 0.2) is 11.4 Å². The Morgan fingerprint density at radius 1 is 1.48 bits per heavy atom. The van der Waals surface area contributed by atoms with Crippen LogP contribution in [-0.2, 0) is 16.1 Å². The lowest BCUT2D eigenvalue weighted by molar-refractivity contribution is -0.116. The molecule has 1 amide bonds. The van der Waals surface area contributed by atoms with E-state index in [0.29, 0.717) is 27.7 Å². The van der Waals surface area contributed by atoms with Crippen molar-refractivity contribution in [1.82, 2.24) is 9.55 Å². The van der Waals surface area contributed by atoms with Crippen LogP contribution >= 0.6 is 11.3 Å². The molecule has 0 saturated carbocycles. The van der Waals surface area contributed by atoms with Crippen molar-refractivity contribution < 1.29 is 19.1 Å². The summed E-state index contributed by atoms with van der Waals surface area (Å²) in [4.78, 5) is 39.3. The second kappa shape index (κ2) is 7.19. The SMILES string of the molecule is Cc1nc(NC(=O)Cn2cccc2C=O)sc1C(=O)OC(C)C. The molecule has 8 heteroatoms. The van der Waals surface area contributed by atoms with Gasteiger partial charge in [0.05, 0.1) is 17.5 Å². The second-order valence-electron chi connectivity index (χ2n) is 5.11. The number of aldehydes is 1. The number of nitrogens with one attached hydrogen (secondary N) is 1. The largest absolute Gasteiger partial charge is 0.459 e. The maximum absolute atomic E-state index is 12.0. The summed E-state index contributed by atoms with van der Waals surface area (Å²) in [6.45, 7) is 5.20. The van der Waals surface area contributed by atoms with E-state index in [0.717, 1.165) is 11.3 Å².